The second-order valence-corrected chi connectivity index (χ2v) is 11.1. The van der Waals surface area contributed by atoms with Crippen LogP contribution in [0.1, 0.15) is 38.3 Å². The SMILES string of the molecule is COC(=O)[C@H]1C[C@@H](C(=O)OC)[C@H](CN(Cc2ccccc2)C(=O)OCc2ccccc2)[C@@H]1N(C)C(=O)OC(C)(C)C. The van der Waals surface area contributed by atoms with Crippen molar-refractivity contribution in [2.75, 3.05) is 27.8 Å². The van der Waals surface area contributed by atoms with Crippen LogP contribution in [0.4, 0.5) is 9.59 Å². The summed E-state index contributed by atoms with van der Waals surface area (Å²) in [4.78, 5) is 55.5. The van der Waals surface area contributed by atoms with Crippen LogP contribution in [0, 0.1) is 17.8 Å². The van der Waals surface area contributed by atoms with Crippen LogP contribution < -0.4 is 0 Å². The lowest BCUT2D eigenvalue weighted by Gasteiger charge is -2.36. The van der Waals surface area contributed by atoms with Gasteiger partial charge in [0.25, 0.3) is 0 Å². The Morgan fingerprint density at radius 2 is 1.34 bits per heavy atom. The standard InChI is InChI=1S/C31H40N2O8/c1-31(2,3)41-29(36)32(4)26-24(28(35)39-6)17-23(27(34)38-5)25(26)19-33(18-21-13-9-7-10-14-21)30(37)40-20-22-15-11-8-12-16-22/h7-16,23-26H,17-20H2,1-6H3/t23-,24+,25+,26-/m1/s1. The van der Waals surface area contributed by atoms with Crippen molar-refractivity contribution >= 4 is 24.1 Å². The Bertz CT molecular complexity index is 1180. The zero-order valence-electron chi connectivity index (χ0n) is 24.6. The molecule has 0 N–H and O–H groups in total. The predicted molar refractivity (Wildman–Crippen MR) is 150 cm³/mol. The van der Waals surface area contributed by atoms with Crippen molar-refractivity contribution in [2.45, 2.75) is 52.0 Å². The first-order chi connectivity index (χ1) is 19.4. The van der Waals surface area contributed by atoms with Crippen molar-refractivity contribution in [2.24, 2.45) is 17.8 Å². The minimum atomic E-state index is -0.842. The van der Waals surface area contributed by atoms with Crippen LogP contribution in [0.15, 0.2) is 60.7 Å². The van der Waals surface area contributed by atoms with Gasteiger partial charge in [0.2, 0.25) is 0 Å². The fourth-order valence-corrected chi connectivity index (χ4v) is 5.25. The molecule has 0 unspecified atom stereocenters. The molecule has 0 spiro atoms. The Balaban J connectivity index is 1.98. The summed E-state index contributed by atoms with van der Waals surface area (Å²) in [5, 5.41) is 0. The van der Waals surface area contributed by atoms with E-state index in [2.05, 4.69) is 0 Å². The van der Waals surface area contributed by atoms with Crippen molar-refractivity contribution in [3.63, 3.8) is 0 Å². The molecule has 10 nitrogen and oxygen atoms in total. The number of hydrogen-bond donors (Lipinski definition) is 0. The van der Waals surface area contributed by atoms with Gasteiger partial charge in [0, 0.05) is 26.1 Å². The van der Waals surface area contributed by atoms with Gasteiger partial charge < -0.3 is 28.7 Å². The van der Waals surface area contributed by atoms with Gasteiger partial charge >= 0.3 is 24.1 Å². The number of rotatable bonds is 9. The highest BCUT2D eigenvalue weighted by Crippen LogP contribution is 2.42. The summed E-state index contributed by atoms with van der Waals surface area (Å²) < 4.78 is 21.4. The number of amides is 2. The first kappa shape index (κ1) is 31.4. The maximum Gasteiger partial charge on any atom is 0.410 e. The number of carbonyl (C=O) groups is 4. The molecule has 3 rings (SSSR count). The number of hydrogen-bond acceptors (Lipinski definition) is 8. The molecule has 1 aliphatic carbocycles. The summed E-state index contributed by atoms with van der Waals surface area (Å²) in [6.07, 6.45) is -1.17. The van der Waals surface area contributed by atoms with Crippen LogP contribution in [-0.4, -0.2) is 73.4 Å². The molecule has 41 heavy (non-hydrogen) atoms. The average molecular weight is 569 g/mol. The van der Waals surface area contributed by atoms with E-state index in [0.29, 0.717) is 0 Å². The first-order valence-electron chi connectivity index (χ1n) is 13.6. The number of esters is 2. The minimum absolute atomic E-state index is 0.00752. The Morgan fingerprint density at radius 3 is 1.88 bits per heavy atom. The van der Waals surface area contributed by atoms with Crippen LogP contribution in [-0.2, 0) is 41.7 Å². The molecular weight excluding hydrogens is 528 g/mol. The quantitative estimate of drug-likeness (QED) is 0.317. The third-order valence-corrected chi connectivity index (χ3v) is 7.12. The van der Waals surface area contributed by atoms with Gasteiger partial charge in [-0.1, -0.05) is 60.7 Å². The molecule has 2 amide bonds. The summed E-state index contributed by atoms with van der Waals surface area (Å²) >= 11 is 0. The summed E-state index contributed by atoms with van der Waals surface area (Å²) in [5.41, 5.74) is 0.878. The van der Waals surface area contributed by atoms with Gasteiger partial charge in [-0.15, -0.1) is 0 Å². The van der Waals surface area contributed by atoms with Crippen LogP contribution in [0.2, 0.25) is 0 Å². The number of ether oxygens (including phenoxy) is 4. The highest BCUT2D eigenvalue weighted by Gasteiger charge is 2.54. The second-order valence-electron chi connectivity index (χ2n) is 11.1. The topological polar surface area (TPSA) is 112 Å². The van der Waals surface area contributed by atoms with Crippen LogP contribution >= 0.6 is 0 Å². The van der Waals surface area contributed by atoms with Gasteiger partial charge in [-0.3, -0.25) is 9.59 Å². The molecule has 2 aromatic rings. The maximum absolute atomic E-state index is 13.5. The highest BCUT2D eigenvalue weighted by molar-refractivity contribution is 5.80. The van der Waals surface area contributed by atoms with Gasteiger partial charge in [-0.05, 0) is 38.3 Å². The molecule has 4 atom stereocenters. The monoisotopic (exact) mass is 568 g/mol. The van der Waals surface area contributed by atoms with Crippen molar-refractivity contribution < 1.29 is 38.1 Å². The van der Waals surface area contributed by atoms with Crippen LogP contribution in [0.25, 0.3) is 0 Å². The van der Waals surface area contributed by atoms with Crippen molar-refractivity contribution in [1.29, 1.82) is 0 Å². The van der Waals surface area contributed by atoms with Gasteiger partial charge in [0.15, 0.2) is 0 Å². The van der Waals surface area contributed by atoms with E-state index in [1.54, 1.807) is 20.8 Å². The van der Waals surface area contributed by atoms with E-state index in [4.69, 9.17) is 18.9 Å². The summed E-state index contributed by atoms with van der Waals surface area (Å²) in [6, 6.07) is 17.8. The largest absolute Gasteiger partial charge is 0.469 e. The lowest BCUT2D eigenvalue weighted by molar-refractivity contribution is -0.147. The number of nitrogens with zero attached hydrogens (tertiary/aromatic N) is 2. The van der Waals surface area contributed by atoms with Gasteiger partial charge in [-0.25, -0.2) is 9.59 Å². The fourth-order valence-electron chi connectivity index (χ4n) is 5.25. The molecule has 222 valence electrons. The van der Waals surface area contributed by atoms with Crippen LogP contribution in [0.3, 0.4) is 0 Å². The Labute approximate surface area is 241 Å². The van der Waals surface area contributed by atoms with E-state index in [1.807, 2.05) is 60.7 Å². The molecule has 0 radical (unpaired) electrons. The molecule has 1 saturated carbocycles. The second kappa shape index (κ2) is 14.0. The predicted octanol–water partition coefficient (Wildman–Crippen LogP) is 4.66. The first-order valence-corrected chi connectivity index (χ1v) is 13.6. The van der Waals surface area contributed by atoms with Crippen molar-refractivity contribution in [1.82, 2.24) is 9.80 Å². The van der Waals surface area contributed by atoms with E-state index in [-0.39, 0.29) is 26.1 Å². The zero-order chi connectivity index (χ0) is 30.2. The zero-order valence-corrected chi connectivity index (χ0v) is 24.6. The summed E-state index contributed by atoms with van der Waals surface area (Å²) in [7, 11) is 4.06. The molecule has 0 aliphatic heterocycles. The normalized spacial score (nSPS) is 20.0. The van der Waals surface area contributed by atoms with E-state index < -0.39 is 53.5 Å². The number of benzene rings is 2. The maximum atomic E-state index is 13.5. The molecule has 2 aromatic carbocycles. The number of carbonyl (C=O) groups excluding carboxylic acids is 4. The van der Waals surface area contributed by atoms with E-state index in [9.17, 15) is 19.2 Å². The third-order valence-electron chi connectivity index (χ3n) is 7.12. The van der Waals surface area contributed by atoms with E-state index in [0.717, 1.165) is 11.1 Å². The highest BCUT2D eigenvalue weighted by atomic mass is 16.6. The van der Waals surface area contributed by atoms with Gasteiger partial charge in [0.1, 0.15) is 12.2 Å². The Kier molecular flexibility index (Phi) is 10.7. The molecular formula is C31H40N2O8. The van der Waals surface area contributed by atoms with Gasteiger partial charge in [0.05, 0.1) is 32.1 Å². The third kappa shape index (κ3) is 8.45. The molecule has 10 heteroatoms. The Hall–Kier alpha value is -4.08. The van der Waals surface area contributed by atoms with E-state index >= 15 is 0 Å². The molecule has 0 aromatic heterocycles. The minimum Gasteiger partial charge on any atom is -0.469 e. The fraction of sp³-hybridized carbons (Fsp3) is 0.484. The number of methoxy groups -OCH3 is 2. The molecule has 0 heterocycles. The van der Waals surface area contributed by atoms with Crippen molar-refractivity contribution in [3.05, 3.63) is 71.8 Å². The molecule has 0 saturated heterocycles. The van der Waals surface area contributed by atoms with E-state index in [1.165, 1.54) is 31.1 Å². The van der Waals surface area contributed by atoms with Gasteiger partial charge in [-0.2, -0.15) is 0 Å². The summed E-state index contributed by atoms with van der Waals surface area (Å²) in [5.74, 6) is -3.42. The lowest BCUT2D eigenvalue weighted by atomic mass is 9.91. The van der Waals surface area contributed by atoms with Crippen LogP contribution in [0.5, 0.6) is 0 Å². The molecule has 1 fully saturated rings. The lowest BCUT2D eigenvalue weighted by Crippen LogP contribution is -2.51. The molecule has 0 bridgehead atoms. The summed E-state index contributed by atoms with van der Waals surface area (Å²) in [6.45, 7) is 5.47. The smallest absolute Gasteiger partial charge is 0.410 e. The Morgan fingerprint density at radius 1 is 0.805 bits per heavy atom. The van der Waals surface area contributed by atoms with Crippen molar-refractivity contribution in [3.8, 4) is 0 Å². The molecule has 1 aliphatic rings. The average Bonchev–Trinajstić information content (AvgIpc) is 3.33.